The van der Waals surface area contributed by atoms with Gasteiger partial charge in [0, 0.05) is 24.9 Å². The number of hydrogen-bond donors (Lipinski definition) is 2. The van der Waals surface area contributed by atoms with Crippen LogP contribution in [0.2, 0.25) is 5.02 Å². The number of rotatable bonds is 5. The van der Waals surface area contributed by atoms with Gasteiger partial charge >= 0.3 is 6.03 Å². The molecule has 0 bridgehead atoms. The molecule has 0 radical (unpaired) electrons. The molecule has 180 valence electrons. The Bertz CT molecular complexity index is 1220. The highest BCUT2D eigenvalue weighted by Crippen LogP contribution is 2.39. The van der Waals surface area contributed by atoms with Gasteiger partial charge in [-0.25, -0.2) is 4.79 Å². The van der Waals surface area contributed by atoms with Crippen LogP contribution in [0.4, 0.5) is 16.2 Å². The molecule has 2 heterocycles. The number of imide groups is 1. The van der Waals surface area contributed by atoms with Gasteiger partial charge in [-0.1, -0.05) is 66.2 Å². The number of hydrogen-bond acceptors (Lipinski definition) is 4. The molecular formula is C28H28ClN3O3. The van der Waals surface area contributed by atoms with Crippen LogP contribution in [0.15, 0.2) is 72.8 Å². The second-order valence-corrected chi connectivity index (χ2v) is 9.66. The van der Waals surface area contributed by atoms with Crippen molar-refractivity contribution in [1.29, 1.82) is 0 Å². The number of ether oxygens (including phenoxy) is 1. The zero-order chi connectivity index (χ0) is 24.4. The van der Waals surface area contributed by atoms with Gasteiger partial charge in [0.2, 0.25) is 5.91 Å². The molecule has 0 unspecified atom stereocenters. The smallest absolute Gasteiger partial charge is 0.325 e. The lowest BCUT2D eigenvalue weighted by Gasteiger charge is -2.43. The van der Waals surface area contributed by atoms with Crippen molar-refractivity contribution in [2.45, 2.75) is 37.8 Å². The van der Waals surface area contributed by atoms with E-state index in [-0.39, 0.29) is 24.4 Å². The molecule has 3 amide bonds. The van der Waals surface area contributed by atoms with Crippen LogP contribution in [0.1, 0.15) is 31.7 Å². The summed E-state index contributed by atoms with van der Waals surface area (Å²) in [5.74, 6) is -0.187. The van der Waals surface area contributed by atoms with Crippen molar-refractivity contribution in [3.05, 3.63) is 83.4 Å². The Kier molecular flexibility index (Phi) is 6.50. The third-order valence-corrected chi connectivity index (χ3v) is 7.18. The molecule has 2 fully saturated rings. The van der Waals surface area contributed by atoms with Crippen LogP contribution in [0, 0.1) is 0 Å². The molecule has 5 rings (SSSR count). The lowest BCUT2D eigenvalue weighted by atomic mass is 9.85. The first kappa shape index (κ1) is 23.4. The molecule has 7 heteroatoms. The summed E-state index contributed by atoms with van der Waals surface area (Å²) in [4.78, 5) is 27.5. The quantitative estimate of drug-likeness (QED) is 0.455. The van der Waals surface area contributed by atoms with E-state index in [2.05, 4.69) is 34.9 Å². The summed E-state index contributed by atoms with van der Waals surface area (Å²) in [6.45, 7) is 2.97. The minimum atomic E-state index is -0.906. The van der Waals surface area contributed by atoms with Crippen molar-refractivity contribution in [2.24, 2.45) is 0 Å². The zero-order valence-corrected chi connectivity index (χ0v) is 20.3. The summed E-state index contributed by atoms with van der Waals surface area (Å²) in [5, 5.41) is 6.95. The largest absolute Gasteiger partial charge is 0.381 e. The molecule has 2 N–H and O–H groups in total. The van der Waals surface area contributed by atoms with E-state index in [9.17, 15) is 9.59 Å². The average molecular weight is 490 g/mol. The lowest BCUT2D eigenvalue weighted by molar-refractivity contribution is -0.135. The maximum Gasteiger partial charge on any atom is 0.325 e. The summed E-state index contributed by atoms with van der Waals surface area (Å²) >= 11 is 6.86. The molecule has 0 saturated carbocycles. The Morgan fingerprint density at radius 3 is 2.43 bits per heavy atom. The molecule has 0 spiro atoms. The van der Waals surface area contributed by atoms with Gasteiger partial charge in [0.05, 0.1) is 22.7 Å². The van der Waals surface area contributed by atoms with E-state index in [1.54, 1.807) is 0 Å². The second-order valence-electron chi connectivity index (χ2n) is 9.29. The van der Waals surface area contributed by atoms with Crippen molar-refractivity contribution in [3.8, 4) is 11.1 Å². The Hall–Kier alpha value is -3.35. The predicted octanol–water partition coefficient (Wildman–Crippen LogP) is 6.09. The van der Waals surface area contributed by atoms with E-state index in [1.165, 1.54) is 4.90 Å². The second kappa shape index (κ2) is 9.72. The number of benzene rings is 3. The van der Waals surface area contributed by atoms with Gasteiger partial charge in [-0.15, -0.1) is 0 Å². The molecule has 0 aliphatic carbocycles. The van der Waals surface area contributed by atoms with Crippen molar-refractivity contribution < 1.29 is 14.3 Å². The number of carbonyl (C=O) groups excluding carboxylic acids is 2. The highest BCUT2D eigenvalue weighted by molar-refractivity contribution is 6.34. The average Bonchev–Trinajstić information content (AvgIpc) is 2.86. The van der Waals surface area contributed by atoms with Gasteiger partial charge in [-0.3, -0.25) is 9.69 Å². The molecule has 3 aromatic rings. The normalized spacial score (nSPS) is 21.0. The van der Waals surface area contributed by atoms with Crippen LogP contribution in [0.25, 0.3) is 11.1 Å². The fourth-order valence-electron chi connectivity index (χ4n) is 4.93. The number of nitrogens with zero attached hydrogens (tertiary/aromatic N) is 1. The molecule has 35 heavy (non-hydrogen) atoms. The summed E-state index contributed by atoms with van der Waals surface area (Å²) in [6.07, 6.45) is 1.47. The van der Waals surface area contributed by atoms with Crippen molar-refractivity contribution in [2.75, 3.05) is 18.5 Å². The van der Waals surface area contributed by atoms with Crippen LogP contribution >= 0.6 is 11.6 Å². The molecule has 0 aromatic heterocycles. The van der Waals surface area contributed by atoms with Gasteiger partial charge in [-0.05, 0) is 54.7 Å². The monoisotopic (exact) mass is 489 g/mol. The molecule has 2 saturated heterocycles. The predicted molar refractivity (Wildman–Crippen MR) is 138 cm³/mol. The Morgan fingerprint density at radius 1 is 0.971 bits per heavy atom. The Balaban J connectivity index is 1.39. The van der Waals surface area contributed by atoms with Gasteiger partial charge in [0.15, 0.2) is 0 Å². The third kappa shape index (κ3) is 4.77. The highest BCUT2D eigenvalue weighted by atomic mass is 35.5. The minimum absolute atomic E-state index is 0.124. The number of halogens is 1. The van der Waals surface area contributed by atoms with Gasteiger partial charge in [0.25, 0.3) is 0 Å². The Labute approximate surface area is 210 Å². The topological polar surface area (TPSA) is 70.7 Å². The molecule has 2 aliphatic heterocycles. The van der Waals surface area contributed by atoms with E-state index >= 15 is 0 Å². The number of anilines is 2. The van der Waals surface area contributed by atoms with Crippen LogP contribution in [-0.4, -0.2) is 36.1 Å². The highest BCUT2D eigenvalue weighted by Gasteiger charge is 2.44. The molecule has 6 nitrogen and oxygen atoms in total. The third-order valence-electron chi connectivity index (χ3n) is 6.77. The van der Waals surface area contributed by atoms with Crippen molar-refractivity contribution >= 4 is 34.9 Å². The Morgan fingerprint density at radius 2 is 1.69 bits per heavy atom. The first-order valence-corrected chi connectivity index (χ1v) is 12.3. The fraction of sp³-hybridized carbons (Fsp3) is 0.286. The van der Waals surface area contributed by atoms with E-state index in [1.807, 2.05) is 55.5 Å². The summed E-state index contributed by atoms with van der Waals surface area (Å²) in [6, 6.07) is 23.4. The first-order chi connectivity index (χ1) is 16.9. The number of amides is 3. The van der Waals surface area contributed by atoms with E-state index < -0.39 is 5.54 Å². The number of urea groups is 1. The van der Waals surface area contributed by atoms with Crippen LogP contribution in [0.5, 0.6) is 0 Å². The van der Waals surface area contributed by atoms with E-state index in [4.69, 9.17) is 16.3 Å². The molecular weight excluding hydrogens is 462 g/mol. The lowest BCUT2D eigenvalue weighted by Crippen LogP contribution is -2.62. The van der Waals surface area contributed by atoms with E-state index in [0.717, 1.165) is 16.8 Å². The summed E-state index contributed by atoms with van der Waals surface area (Å²) in [5.41, 5.74) is 3.62. The van der Waals surface area contributed by atoms with Crippen LogP contribution in [-0.2, 0) is 15.1 Å². The van der Waals surface area contributed by atoms with Crippen LogP contribution in [0.3, 0.4) is 0 Å². The first-order valence-electron chi connectivity index (χ1n) is 11.9. The summed E-state index contributed by atoms with van der Waals surface area (Å²) < 4.78 is 5.39. The maximum absolute atomic E-state index is 13.1. The number of nitrogens with one attached hydrogen (secondary N) is 2. The summed E-state index contributed by atoms with van der Waals surface area (Å²) in [7, 11) is 0. The zero-order valence-electron chi connectivity index (χ0n) is 19.6. The SMILES string of the molecule is C[C@@]1(c2cccc(Nc3cccc(-c4ccccc4)c3)c2Cl)CC(=O)N(C2CCOCC2)C(=O)N1. The van der Waals surface area contributed by atoms with Crippen LogP contribution < -0.4 is 10.6 Å². The van der Waals surface area contributed by atoms with Crippen molar-refractivity contribution in [1.82, 2.24) is 10.2 Å². The van der Waals surface area contributed by atoms with E-state index in [0.29, 0.717) is 42.3 Å². The molecule has 3 aromatic carbocycles. The van der Waals surface area contributed by atoms with Gasteiger partial charge in [0.1, 0.15) is 0 Å². The van der Waals surface area contributed by atoms with Crippen molar-refractivity contribution in [3.63, 3.8) is 0 Å². The molecule has 2 aliphatic rings. The maximum atomic E-state index is 13.1. The van der Waals surface area contributed by atoms with Gasteiger partial charge in [-0.2, -0.15) is 0 Å². The fourth-order valence-corrected chi connectivity index (χ4v) is 5.32. The molecule has 1 atom stereocenters. The van der Waals surface area contributed by atoms with Gasteiger partial charge < -0.3 is 15.4 Å². The standard InChI is InChI=1S/C28H28ClN3O3/c1-28(18-25(33)32(27(34)31-28)22-13-15-35-16-14-22)23-11-6-12-24(26(23)29)30-21-10-5-9-20(17-21)19-7-3-2-4-8-19/h2-12,17,22,30H,13-16,18H2,1H3,(H,31,34)/t28-/m0/s1. The number of carbonyl (C=O) groups is 2. The minimum Gasteiger partial charge on any atom is -0.381 e.